The Balaban J connectivity index is 2.01. The van der Waals surface area contributed by atoms with E-state index in [1.54, 1.807) is 6.07 Å². The molecule has 0 fully saturated rings. The summed E-state index contributed by atoms with van der Waals surface area (Å²) in [7, 11) is 0. The van der Waals surface area contributed by atoms with Gasteiger partial charge in [-0.25, -0.2) is 19.8 Å². The number of nitrogens with one attached hydrogen (secondary N) is 3. The Bertz CT molecular complexity index is 1070. The molecule has 2 aromatic rings. The van der Waals surface area contributed by atoms with Crippen molar-refractivity contribution < 1.29 is 29.1 Å². The van der Waals surface area contributed by atoms with Crippen molar-refractivity contribution in [3.63, 3.8) is 0 Å². The van der Waals surface area contributed by atoms with Crippen LogP contribution in [0.15, 0.2) is 48.8 Å². The second-order valence-electron chi connectivity index (χ2n) is 10.2. The van der Waals surface area contributed by atoms with Gasteiger partial charge in [0.1, 0.15) is 12.6 Å². The molecule has 4 N–H and O–H groups in total. The molecule has 1 aromatic heterocycles. The molecule has 12 heteroatoms. The molecule has 0 spiro atoms. The van der Waals surface area contributed by atoms with E-state index in [1.165, 1.54) is 12.4 Å². The number of carbonyl (C=O) groups is 4. The lowest BCUT2D eigenvalue weighted by atomic mass is 9.86. The number of hydrogen-bond donors (Lipinski definition) is 4. The molecule has 12 nitrogen and oxygen atoms in total. The first-order valence-corrected chi connectivity index (χ1v) is 14.0. The van der Waals surface area contributed by atoms with Crippen LogP contribution in [0.2, 0.25) is 0 Å². The minimum atomic E-state index is -0.934. The number of alkyl carbamates (subject to hydrolysis) is 1. The van der Waals surface area contributed by atoms with Gasteiger partial charge in [0.2, 0.25) is 24.2 Å². The van der Waals surface area contributed by atoms with E-state index in [9.17, 15) is 24.4 Å². The number of anilines is 1. The van der Waals surface area contributed by atoms with Crippen LogP contribution in [-0.2, 0) is 25.7 Å². The van der Waals surface area contributed by atoms with Gasteiger partial charge in [-0.3, -0.25) is 24.9 Å². The van der Waals surface area contributed by atoms with Crippen LogP contribution in [0.3, 0.4) is 0 Å². The zero-order valence-electron chi connectivity index (χ0n) is 24.0. The number of amides is 4. The lowest BCUT2D eigenvalue weighted by Gasteiger charge is -2.32. The molecule has 0 aliphatic heterocycles. The Kier molecular flexibility index (Phi) is 14.8. The summed E-state index contributed by atoms with van der Waals surface area (Å²) >= 11 is 0. The van der Waals surface area contributed by atoms with Crippen molar-refractivity contribution in [3.05, 3.63) is 54.4 Å². The quantitative estimate of drug-likeness (QED) is 0.0913. The Morgan fingerprint density at radius 2 is 1.73 bits per heavy atom. The Hall–Kier alpha value is -4.06. The van der Waals surface area contributed by atoms with Crippen molar-refractivity contribution in [2.24, 2.45) is 11.8 Å². The third-order valence-corrected chi connectivity index (χ3v) is 6.39. The number of benzene rings is 1. The Labute approximate surface area is 241 Å². The van der Waals surface area contributed by atoms with E-state index in [0.717, 1.165) is 5.56 Å². The minimum absolute atomic E-state index is 0.0999. The van der Waals surface area contributed by atoms with Crippen molar-refractivity contribution in [2.45, 2.75) is 78.0 Å². The molecule has 0 saturated carbocycles. The molecule has 0 bridgehead atoms. The third kappa shape index (κ3) is 12.3. The van der Waals surface area contributed by atoms with Crippen LogP contribution in [0.4, 0.5) is 10.7 Å². The van der Waals surface area contributed by atoms with Crippen molar-refractivity contribution in [1.82, 2.24) is 25.7 Å². The van der Waals surface area contributed by atoms with E-state index >= 15 is 0 Å². The van der Waals surface area contributed by atoms with Crippen LogP contribution in [0.25, 0.3) is 0 Å². The van der Waals surface area contributed by atoms with Crippen LogP contribution in [-0.4, -0.2) is 63.2 Å². The topological polar surface area (TPSA) is 163 Å². The summed E-state index contributed by atoms with van der Waals surface area (Å²) in [6, 6.07) is 9.29. The van der Waals surface area contributed by atoms with Crippen LogP contribution < -0.4 is 16.0 Å². The fraction of sp³-hybridized carbons (Fsp3) is 0.517. The average molecular weight is 571 g/mol. The number of aromatic nitrogens is 2. The first-order valence-electron chi connectivity index (χ1n) is 14.0. The van der Waals surface area contributed by atoms with E-state index in [-0.39, 0.29) is 24.9 Å². The molecule has 0 unspecified atom stereocenters. The maximum Gasteiger partial charge on any atom is 0.407 e. The molecule has 224 valence electrons. The summed E-state index contributed by atoms with van der Waals surface area (Å²) in [4.78, 5) is 58.1. The predicted octanol–water partition coefficient (Wildman–Crippen LogP) is 3.68. The second-order valence-corrected chi connectivity index (χ2v) is 10.2. The number of hydrogen-bond acceptors (Lipinski definition) is 8. The molecule has 3 atom stereocenters. The highest BCUT2D eigenvalue weighted by Crippen LogP contribution is 2.23. The van der Waals surface area contributed by atoms with E-state index in [2.05, 4.69) is 25.9 Å². The molecule has 0 aliphatic carbocycles. The maximum atomic E-state index is 13.5. The van der Waals surface area contributed by atoms with Crippen LogP contribution >= 0.6 is 0 Å². The van der Waals surface area contributed by atoms with Crippen LogP contribution in [0.5, 0.6) is 0 Å². The zero-order valence-corrected chi connectivity index (χ0v) is 24.0. The molecule has 4 amide bonds. The molecule has 2 rings (SSSR count). The monoisotopic (exact) mass is 570 g/mol. The first-order chi connectivity index (χ1) is 19.7. The van der Waals surface area contributed by atoms with E-state index in [1.807, 2.05) is 51.1 Å². The van der Waals surface area contributed by atoms with Crippen LogP contribution in [0.1, 0.15) is 64.9 Å². The largest absolute Gasteiger partial charge is 0.445 e. The molecule has 1 aromatic carbocycles. The van der Waals surface area contributed by atoms with Gasteiger partial charge < -0.3 is 15.4 Å². The highest BCUT2D eigenvalue weighted by Gasteiger charge is 2.34. The number of nitrogens with zero attached hydrogens (tertiary/aromatic N) is 3. The minimum Gasteiger partial charge on any atom is -0.445 e. The maximum absolute atomic E-state index is 13.5. The number of ether oxygens (including phenoxy) is 1. The van der Waals surface area contributed by atoms with Gasteiger partial charge in [-0.2, -0.15) is 0 Å². The predicted molar refractivity (Wildman–Crippen MR) is 152 cm³/mol. The van der Waals surface area contributed by atoms with Gasteiger partial charge in [0.05, 0.1) is 12.0 Å². The van der Waals surface area contributed by atoms with E-state index < -0.39 is 35.9 Å². The SMILES string of the molecule is CCC[C@@H]([C@@H](CC(C)C)C(=O)N[C@@H](CCCCNC(=O)OCc1ccccc1)C(=O)Nc1ncccn1)N(O)C=O. The summed E-state index contributed by atoms with van der Waals surface area (Å²) in [6.45, 7) is 6.28. The molecule has 41 heavy (non-hydrogen) atoms. The second kappa shape index (κ2) is 18.3. The van der Waals surface area contributed by atoms with E-state index in [0.29, 0.717) is 50.1 Å². The fourth-order valence-corrected chi connectivity index (χ4v) is 4.39. The highest BCUT2D eigenvalue weighted by atomic mass is 16.5. The molecular formula is C29H42N6O6. The van der Waals surface area contributed by atoms with Gasteiger partial charge in [0, 0.05) is 18.9 Å². The summed E-state index contributed by atoms with van der Waals surface area (Å²) in [5.41, 5.74) is 0.879. The molecular weight excluding hydrogens is 528 g/mol. The molecule has 1 heterocycles. The normalized spacial score (nSPS) is 13.0. The molecule has 0 aliphatic rings. The number of hydroxylamine groups is 2. The van der Waals surface area contributed by atoms with Crippen molar-refractivity contribution >= 4 is 30.3 Å². The summed E-state index contributed by atoms with van der Waals surface area (Å²) < 4.78 is 5.21. The van der Waals surface area contributed by atoms with Crippen molar-refractivity contribution in [1.29, 1.82) is 0 Å². The van der Waals surface area contributed by atoms with Gasteiger partial charge in [-0.1, -0.05) is 57.5 Å². The molecule has 0 radical (unpaired) electrons. The van der Waals surface area contributed by atoms with Gasteiger partial charge >= 0.3 is 6.09 Å². The molecule has 0 saturated heterocycles. The first kappa shape index (κ1) is 33.1. The number of carbonyl (C=O) groups excluding carboxylic acids is 4. The summed E-state index contributed by atoms with van der Waals surface area (Å²) in [5.74, 6) is -1.46. The van der Waals surface area contributed by atoms with Crippen molar-refractivity contribution in [2.75, 3.05) is 11.9 Å². The number of unbranched alkanes of at least 4 members (excludes halogenated alkanes) is 1. The lowest BCUT2D eigenvalue weighted by Crippen LogP contribution is -2.51. The Morgan fingerprint density at radius 3 is 2.37 bits per heavy atom. The summed E-state index contributed by atoms with van der Waals surface area (Å²) in [6.07, 6.45) is 5.51. The zero-order chi connectivity index (χ0) is 30.0. The van der Waals surface area contributed by atoms with Crippen molar-refractivity contribution in [3.8, 4) is 0 Å². The Morgan fingerprint density at radius 1 is 1.02 bits per heavy atom. The van der Waals surface area contributed by atoms with Crippen LogP contribution in [0, 0.1) is 11.8 Å². The highest BCUT2D eigenvalue weighted by molar-refractivity contribution is 5.96. The standard InChI is InChI=1S/C29H42N6O6/c1-4-11-25(35(40)20-36)23(18-21(2)3)26(37)33-24(27(38)34-28-30-16-10-17-31-28)14-8-9-15-32-29(39)41-19-22-12-6-5-7-13-22/h5-7,10,12-13,16-17,20-21,23-25,40H,4,8-9,11,14-15,18-19H2,1-3H3,(H,32,39)(H,33,37)(H,30,31,34,38)/t23-,24+,25+/m1/s1. The average Bonchev–Trinajstić information content (AvgIpc) is 2.97. The van der Waals surface area contributed by atoms with Gasteiger partial charge in [0.15, 0.2) is 0 Å². The van der Waals surface area contributed by atoms with E-state index in [4.69, 9.17) is 4.74 Å². The van der Waals surface area contributed by atoms with Gasteiger partial charge in [-0.05, 0) is 49.7 Å². The third-order valence-electron chi connectivity index (χ3n) is 6.39. The smallest absolute Gasteiger partial charge is 0.407 e. The van der Waals surface area contributed by atoms with Gasteiger partial charge in [0.25, 0.3) is 0 Å². The lowest BCUT2D eigenvalue weighted by molar-refractivity contribution is -0.169. The fourth-order valence-electron chi connectivity index (χ4n) is 4.39. The number of rotatable bonds is 18. The summed E-state index contributed by atoms with van der Waals surface area (Å²) in [5, 5.41) is 18.9. The van der Waals surface area contributed by atoms with Gasteiger partial charge in [-0.15, -0.1) is 0 Å².